The van der Waals surface area contributed by atoms with Crippen molar-refractivity contribution in [1.82, 2.24) is 10.2 Å². The number of nitrogens with one attached hydrogen (secondary N) is 1. The molecule has 0 aliphatic carbocycles. The standard InChI is InChI=1S/C27H29Cl2N3O5S/c1-30-27(34)25(16-19-8-5-4-6-9-19)31(17-22-23(28)10-7-11-24(22)29)26(33)18-32(38(3,35)36)20-12-14-21(37-2)15-13-20/h4-15,25H,16-18H2,1-3H3,(H,30,34)/t25-/m1/s1. The van der Waals surface area contributed by atoms with Gasteiger partial charge in [-0.2, -0.15) is 0 Å². The molecule has 0 bridgehead atoms. The molecule has 0 spiro atoms. The molecule has 3 rings (SSSR count). The lowest BCUT2D eigenvalue weighted by Gasteiger charge is -2.33. The van der Waals surface area contributed by atoms with Crippen LogP contribution in [0.15, 0.2) is 72.8 Å². The predicted octanol–water partition coefficient (Wildman–Crippen LogP) is 4.15. The van der Waals surface area contributed by atoms with Crippen molar-refractivity contribution >= 4 is 50.7 Å². The van der Waals surface area contributed by atoms with Crippen molar-refractivity contribution in [2.45, 2.75) is 19.0 Å². The lowest BCUT2D eigenvalue weighted by Crippen LogP contribution is -2.53. The van der Waals surface area contributed by atoms with Gasteiger partial charge in [-0.3, -0.25) is 13.9 Å². The van der Waals surface area contributed by atoms with Gasteiger partial charge in [0.1, 0.15) is 18.3 Å². The Balaban J connectivity index is 2.06. The summed E-state index contributed by atoms with van der Waals surface area (Å²) >= 11 is 12.8. The van der Waals surface area contributed by atoms with Gasteiger partial charge in [0.2, 0.25) is 21.8 Å². The number of likely N-dealkylation sites (N-methyl/N-ethyl adjacent to an activating group) is 1. The van der Waals surface area contributed by atoms with Gasteiger partial charge in [-0.05, 0) is 42.0 Å². The predicted molar refractivity (Wildman–Crippen MR) is 150 cm³/mol. The van der Waals surface area contributed by atoms with Gasteiger partial charge in [-0.1, -0.05) is 59.6 Å². The van der Waals surface area contributed by atoms with Crippen LogP contribution in [0.3, 0.4) is 0 Å². The van der Waals surface area contributed by atoms with E-state index in [9.17, 15) is 18.0 Å². The van der Waals surface area contributed by atoms with Crippen LogP contribution in [-0.2, 0) is 32.6 Å². The average molecular weight is 579 g/mol. The van der Waals surface area contributed by atoms with E-state index >= 15 is 0 Å². The molecule has 0 saturated carbocycles. The molecule has 0 heterocycles. The topological polar surface area (TPSA) is 96.0 Å². The second kappa shape index (κ2) is 13.0. The highest BCUT2D eigenvalue weighted by Gasteiger charge is 2.33. The number of methoxy groups -OCH3 is 1. The molecule has 0 radical (unpaired) electrons. The number of amides is 2. The normalized spacial score (nSPS) is 11.9. The van der Waals surface area contributed by atoms with Crippen LogP contribution in [0.4, 0.5) is 5.69 Å². The third kappa shape index (κ3) is 7.40. The smallest absolute Gasteiger partial charge is 0.244 e. The number of carbonyl (C=O) groups excluding carboxylic acids is 2. The minimum atomic E-state index is -3.87. The van der Waals surface area contributed by atoms with Gasteiger partial charge in [0.05, 0.1) is 19.1 Å². The highest BCUT2D eigenvalue weighted by molar-refractivity contribution is 7.92. The Morgan fingerprint density at radius 1 is 0.947 bits per heavy atom. The van der Waals surface area contributed by atoms with Gasteiger partial charge in [0.15, 0.2) is 0 Å². The Labute approximate surface area is 233 Å². The van der Waals surface area contributed by atoms with Crippen molar-refractivity contribution in [3.8, 4) is 5.75 Å². The maximum absolute atomic E-state index is 13.9. The molecule has 0 fully saturated rings. The zero-order chi connectivity index (χ0) is 27.9. The fourth-order valence-electron chi connectivity index (χ4n) is 3.94. The first-order chi connectivity index (χ1) is 18.0. The molecule has 0 saturated heterocycles. The second-order valence-corrected chi connectivity index (χ2v) is 11.2. The minimum absolute atomic E-state index is 0.109. The monoisotopic (exact) mass is 577 g/mol. The number of ether oxygens (including phenoxy) is 1. The largest absolute Gasteiger partial charge is 0.497 e. The number of halogens is 2. The highest BCUT2D eigenvalue weighted by atomic mass is 35.5. The maximum Gasteiger partial charge on any atom is 0.244 e. The number of sulfonamides is 1. The first kappa shape index (κ1) is 29.3. The number of hydrogen-bond donors (Lipinski definition) is 1. The Kier molecular flexibility index (Phi) is 10.0. The average Bonchev–Trinajstić information content (AvgIpc) is 2.90. The summed E-state index contributed by atoms with van der Waals surface area (Å²) < 4.78 is 31.7. The fraction of sp³-hybridized carbons (Fsp3) is 0.259. The molecule has 38 heavy (non-hydrogen) atoms. The number of carbonyl (C=O) groups is 2. The van der Waals surface area contributed by atoms with Crippen LogP contribution in [0, 0.1) is 0 Å². The maximum atomic E-state index is 13.9. The summed E-state index contributed by atoms with van der Waals surface area (Å²) in [5.74, 6) is -0.487. The number of anilines is 1. The van der Waals surface area contributed by atoms with Crippen molar-refractivity contribution in [2.75, 3.05) is 31.3 Å². The molecule has 202 valence electrons. The van der Waals surface area contributed by atoms with Crippen molar-refractivity contribution < 1.29 is 22.7 Å². The van der Waals surface area contributed by atoms with E-state index < -0.39 is 34.4 Å². The van der Waals surface area contributed by atoms with Gasteiger partial charge in [-0.15, -0.1) is 0 Å². The van der Waals surface area contributed by atoms with Crippen LogP contribution in [0.1, 0.15) is 11.1 Å². The van der Waals surface area contributed by atoms with E-state index in [0.717, 1.165) is 16.1 Å². The van der Waals surface area contributed by atoms with Gasteiger partial charge in [0, 0.05) is 35.6 Å². The van der Waals surface area contributed by atoms with E-state index in [0.29, 0.717) is 21.4 Å². The summed E-state index contributed by atoms with van der Waals surface area (Å²) in [5, 5.41) is 3.26. The lowest BCUT2D eigenvalue weighted by molar-refractivity contribution is -0.139. The summed E-state index contributed by atoms with van der Waals surface area (Å²) in [6.45, 7) is -0.655. The van der Waals surface area contributed by atoms with Gasteiger partial charge in [0.25, 0.3) is 0 Å². The van der Waals surface area contributed by atoms with Crippen molar-refractivity contribution in [1.29, 1.82) is 0 Å². The van der Waals surface area contributed by atoms with Crippen molar-refractivity contribution in [3.05, 3.63) is 94.0 Å². The van der Waals surface area contributed by atoms with Crippen LogP contribution in [-0.4, -0.2) is 58.1 Å². The van der Waals surface area contributed by atoms with Crippen molar-refractivity contribution in [2.24, 2.45) is 0 Å². The zero-order valence-corrected chi connectivity index (χ0v) is 23.6. The summed E-state index contributed by atoms with van der Waals surface area (Å²) in [6, 6.07) is 19.5. The van der Waals surface area contributed by atoms with Gasteiger partial charge >= 0.3 is 0 Å². The van der Waals surface area contributed by atoms with E-state index in [1.165, 1.54) is 19.1 Å². The molecule has 8 nitrogen and oxygen atoms in total. The lowest BCUT2D eigenvalue weighted by atomic mass is 10.0. The van der Waals surface area contributed by atoms with Crippen molar-refractivity contribution in [3.63, 3.8) is 0 Å². The summed E-state index contributed by atoms with van der Waals surface area (Å²) in [6.07, 6.45) is 1.20. The number of nitrogens with zero attached hydrogens (tertiary/aromatic N) is 2. The second-order valence-electron chi connectivity index (χ2n) is 8.51. The third-order valence-corrected chi connectivity index (χ3v) is 7.80. The third-order valence-electron chi connectivity index (χ3n) is 5.95. The fourth-order valence-corrected chi connectivity index (χ4v) is 5.30. The van der Waals surface area contributed by atoms with Crippen LogP contribution < -0.4 is 14.4 Å². The molecule has 3 aromatic rings. The first-order valence-electron chi connectivity index (χ1n) is 11.6. The SMILES string of the molecule is CNC(=O)[C@@H](Cc1ccccc1)N(Cc1c(Cl)cccc1Cl)C(=O)CN(c1ccc(OC)cc1)S(C)(=O)=O. The van der Waals surface area contributed by atoms with Gasteiger partial charge in [-0.25, -0.2) is 8.42 Å². The van der Waals surface area contributed by atoms with Crippen LogP contribution in [0.25, 0.3) is 0 Å². The quantitative estimate of drug-likeness (QED) is 0.369. The van der Waals surface area contributed by atoms with Crippen LogP contribution >= 0.6 is 23.2 Å². The van der Waals surface area contributed by atoms with E-state index in [1.807, 2.05) is 30.3 Å². The first-order valence-corrected chi connectivity index (χ1v) is 14.2. The molecule has 0 unspecified atom stereocenters. The Morgan fingerprint density at radius 2 is 1.55 bits per heavy atom. The molecule has 11 heteroatoms. The number of hydrogen-bond acceptors (Lipinski definition) is 5. The van der Waals surface area contributed by atoms with E-state index in [1.54, 1.807) is 42.5 Å². The molecular formula is C27H29Cl2N3O5S. The highest BCUT2D eigenvalue weighted by Crippen LogP contribution is 2.28. The minimum Gasteiger partial charge on any atom is -0.497 e. The Hall–Kier alpha value is -3.27. The molecule has 0 aliphatic rings. The van der Waals surface area contributed by atoms with E-state index in [-0.39, 0.29) is 18.7 Å². The Morgan fingerprint density at radius 3 is 2.08 bits per heavy atom. The number of rotatable bonds is 11. The molecule has 0 aromatic heterocycles. The summed E-state index contributed by atoms with van der Waals surface area (Å²) in [4.78, 5) is 28.4. The molecular weight excluding hydrogens is 549 g/mol. The molecule has 0 aliphatic heterocycles. The molecule has 3 aromatic carbocycles. The summed E-state index contributed by atoms with van der Waals surface area (Å²) in [5.41, 5.74) is 1.54. The molecule has 2 amide bonds. The van der Waals surface area contributed by atoms with Gasteiger partial charge < -0.3 is 15.0 Å². The van der Waals surface area contributed by atoms with Crippen LogP contribution in [0.5, 0.6) is 5.75 Å². The number of benzene rings is 3. The summed E-state index contributed by atoms with van der Waals surface area (Å²) in [7, 11) is -0.899. The molecule has 1 N–H and O–H groups in total. The molecule has 1 atom stereocenters. The van der Waals surface area contributed by atoms with Crippen LogP contribution in [0.2, 0.25) is 10.0 Å². The van der Waals surface area contributed by atoms with E-state index in [2.05, 4.69) is 5.32 Å². The Bertz CT molecular complexity index is 1350. The zero-order valence-electron chi connectivity index (χ0n) is 21.2. The van der Waals surface area contributed by atoms with E-state index in [4.69, 9.17) is 27.9 Å².